The molecule has 0 unspecified atom stereocenters. The summed E-state index contributed by atoms with van der Waals surface area (Å²) in [4.78, 5) is 7.33. The lowest BCUT2D eigenvalue weighted by molar-refractivity contribution is 0.428. The third kappa shape index (κ3) is 3.77. The van der Waals surface area contributed by atoms with Crippen LogP contribution in [0.15, 0.2) is 127 Å². The highest BCUT2D eigenvalue weighted by molar-refractivity contribution is 5.85. The van der Waals surface area contributed by atoms with Crippen LogP contribution in [0.5, 0.6) is 5.75 Å². The number of imidazole rings is 1. The summed E-state index contributed by atoms with van der Waals surface area (Å²) in [7, 11) is 0. The second kappa shape index (κ2) is 9.23. The van der Waals surface area contributed by atoms with Gasteiger partial charge in [0.05, 0.1) is 22.4 Å². The van der Waals surface area contributed by atoms with Gasteiger partial charge in [0, 0.05) is 16.9 Å². The number of para-hydroxylation sites is 5. The Hall–Kier alpha value is -4.57. The van der Waals surface area contributed by atoms with Gasteiger partial charge in [-0.1, -0.05) is 67.6 Å². The highest BCUT2D eigenvalue weighted by Gasteiger charge is 2.25. The predicted molar refractivity (Wildman–Crippen MR) is 148 cm³/mol. The number of ether oxygens (including phenoxy) is 1. The lowest BCUT2D eigenvalue weighted by Gasteiger charge is -2.33. The summed E-state index contributed by atoms with van der Waals surface area (Å²) < 4.78 is 8.50. The molecule has 0 atom stereocenters. The Balaban J connectivity index is 1.53. The second-order valence-corrected chi connectivity index (χ2v) is 8.81. The predicted octanol–water partition coefficient (Wildman–Crippen LogP) is 8.42. The van der Waals surface area contributed by atoms with Crippen LogP contribution in [-0.2, 0) is 0 Å². The Bertz CT molecular complexity index is 1610. The van der Waals surface area contributed by atoms with E-state index in [0.717, 1.165) is 63.1 Å². The number of benzene rings is 4. The maximum Gasteiger partial charge on any atom is 0.151 e. The van der Waals surface area contributed by atoms with Crippen LogP contribution in [-0.4, -0.2) is 9.55 Å². The number of hydrogen-bond acceptors (Lipinski definition) is 3. The summed E-state index contributed by atoms with van der Waals surface area (Å²) in [5.74, 6) is 2.62. The molecule has 1 aromatic heterocycles. The fourth-order valence-electron chi connectivity index (χ4n) is 4.77. The molecule has 0 fully saturated rings. The highest BCUT2D eigenvalue weighted by atomic mass is 16.5. The van der Waals surface area contributed by atoms with Crippen LogP contribution in [0, 0.1) is 0 Å². The molecule has 4 heteroatoms. The van der Waals surface area contributed by atoms with Crippen molar-refractivity contribution in [3.63, 3.8) is 0 Å². The first-order chi connectivity index (χ1) is 17.7. The molecule has 176 valence electrons. The van der Waals surface area contributed by atoms with Gasteiger partial charge in [-0.2, -0.15) is 0 Å². The van der Waals surface area contributed by atoms with Crippen molar-refractivity contribution in [2.45, 2.75) is 20.3 Å². The molecule has 0 saturated carbocycles. The van der Waals surface area contributed by atoms with Crippen LogP contribution in [0.4, 0.5) is 11.4 Å². The van der Waals surface area contributed by atoms with E-state index in [1.807, 2.05) is 30.3 Å². The summed E-state index contributed by atoms with van der Waals surface area (Å²) in [6, 6.07) is 35.5. The van der Waals surface area contributed by atoms with E-state index < -0.39 is 0 Å². The van der Waals surface area contributed by atoms with Gasteiger partial charge < -0.3 is 9.64 Å². The smallest absolute Gasteiger partial charge is 0.151 e. The first-order valence-corrected chi connectivity index (χ1v) is 12.3. The Morgan fingerprint density at radius 2 is 1.56 bits per heavy atom. The highest BCUT2D eigenvalue weighted by Crippen LogP contribution is 2.43. The standard InChI is InChI=1S/C32H27N3O/c1-3-4-20-30-23(2)34(29-19-10-11-21-31(29)36-30)26-16-12-13-24(22-26)32-33-27-17-8-9-18-28(27)35(32)25-14-6-5-7-15-25/h4-22H,3H2,1-2H3/b20-4-. The molecule has 0 amide bonds. The van der Waals surface area contributed by atoms with Crippen molar-refractivity contribution in [1.82, 2.24) is 9.55 Å². The molecule has 0 saturated heterocycles. The summed E-state index contributed by atoms with van der Waals surface area (Å²) >= 11 is 0. The molecule has 0 bridgehead atoms. The van der Waals surface area contributed by atoms with E-state index in [1.54, 1.807) is 0 Å². The minimum atomic E-state index is 0.848. The molecule has 5 aromatic rings. The van der Waals surface area contributed by atoms with Crippen molar-refractivity contribution in [3.05, 3.63) is 127 Å². The third-order valence-corrected chi connectivity index (χ3v) is 6.46. The van der Waals surface area contributed by atoms with Crippen molar-refractivity contribution < 1.29 is 4.74 Å². The number of allylic oxidation sites excluding steroid dienone is 3. The van der Waals surface area contributed by atoms with E-state index >= 15 is 0 Å². The zero-order chi connectivity index (χ0) is 24.5. The summed E-state index contributed by atoms with van der Waals surface area (Å²) in [6.07, 6.45) is 5.15. The Morgan fingerprint density at radius 3 is 2.42 bits per heavy atom. The van der Waals surface area contributed by atoms with Gasteiger partial charge >= 0.3 is 0 Å². The van der Waals surface area contributed by atoms with E-state index in [0.29, 0.717) is 0 Å². The average molecular weight is 470 g/mol. The monoisotopic (exact) mass is 469 g/mol. The molecule has 36 heavy (non-hydrogen) atoms. The largest absolute Gasteiger partial charge is 0.453 e. The second-order valence-electron chi connectivity index (χ2n) is 8.81. The molecule has 0 aliphatic carbocycles. The molecule has 1 aliphatic heterocycles. The van der Waals surface area contributed by atoms with Crippen molar-refractivity contribution in [1.29, 1.82) is 0 Å². The quantitative estimate of drug-likeness (QED) is 0.259. The maximum atomic E-state index is 6.26. The SMILES string of the molecule is CC/C=C\C1=C(C)N(c2cccc(-c3nc4ccccc4n3-c3ccccc3)c2)c2ccccc2O1. The maximum absolute atomic E-state index is 6.26. The number of anilines is 2. The molecular formula is C32H27N3O. The lowest BCUT2D eigenvalue weighted by Crippen LogP contribution is -2.22. The normalized spacial score (nSPS) is 13.3. The van der Waals surface area contributed by atoms with Crippen LogP contribution in [0.1, 0.15) is 20.3 Å². The van der Waals surface area contributed by atoms with Gasteiger partial charge in [0.25, 0.3) is 0 Å². The lowest BCUT2D eigenvalue weighted by atomic mass is 10.1. The molecule has 1 aliphatic rings. The molecule has 0 radical (unpaired) electrons. The van der Waals surface area contributed by atoms with Crippen molar-refractivity contribution in [2.75, 3.05) is 4.90 Å². The number of fused-ring (bicyclic) bond motifs is 2. The zero-order valence-corrected chi connectivity index (χ0v) is 20.4. The topological polar surface area (TPSA) is 30.3 Å². The van der Waals surface area contributed by atoms with Gasteiger partial charge in [0.2, 0.25) is 0 Å². The number of nitrogens with zero attached hydrogens (tertiary/aromatic N) is 3. The average Bonchev–Trinajstić information content (AvgIpc) is 3.32. The number of rotatable bonds is 5. The Kier molecular flexibility index (Phi) is 5.62. The molecule has 4 aromatic carbocycles. The molecule has 0 spiro atoms. The van der Waals surface area contributed by atoms with Gasteiger partial charge in [0.15, 0.2) is 5.75 Å². The van der Waals surface area contributed by atoms with E-state index in [9.17, 15) is 0 Å². The Labute approximate surface area is 211 Å². The van der Waals surface area contributed by atoms with Gasteiger partial charge in [-0.05, 0) is 68.0 Å². The minimum Gasteiger partial charge on any atom is -0.453 e. The summed E-state index contributed by atoms with van der Waals surface area (Å²) in [6.45, 7) is 4.24. The summed E-state index contributed by atoms with van der Waals surface area (Å²) in [5, 5.41) is 0. The van der Waals surface area contributed by atoms with Crippen LogP contribution in [0.25, 0.3) is 28.1 Å². The van der Waals surface area contributed by atoms with Crippen molar-refractivity contribution in [2.24, 2.45) is 0 Å². The first kappa shape index (κ1) is 21.9. The van der Waals surface area contributed by atoms with Crippen LogP contribution < -0.4 is 9.64 Å². The van der Waals surface area contributed by atoms with Gasteiger partial charge in [0.1, 0.15) is 11.6 Å². The van der Waals surface area contributed by atoms with E-state index in [4.69, 9.17) is 9.72 Å². The molecular weight excluding hydrogens is 442 g/mol. The zero-order valence-electron chi connectivity index (χ0n) is 20.4. The van der Waals surface area contributed by atoms with E-state index in [-0.39, 0.29) is 0 Å². The van der Waals surface area contributed by atoms with Gasteiger partial charge in [-0.25, -0.2) is 4.98 Å². The fraction of sp³-hybridized carbons (Fsp3) is 0.0938. The van der Waals surface area contributed by atoms with Crippen LogP contribution in [0.2, 0.25) is 0 Å². The van der Waals surface area contributed by atoms with Crippen LogP contribution >= 0.6 is 0 Å². The molecule has 0 N–H and O–H groups in total. The van der Waals surface area contributed by atoms with Crippen molar-refractivity contribution in [3.8, 4) is 22.8 Å². The minimum absolute atomic E-state index is 0.848. The fourth-order valence-corrected chi connectivity index (χ4v) is 4.77. The Morgan fingerprint density at radius 1 is 0.806 bits per heavy atom. The summed E-state index contributed by atoms with van der Waals surface area (Å²) in [5.41, 5.74) is 7.34. The third-order valence-electron chi connectivity index (χ3n) is 6.46. The first-order valence-electron chi connectivity index (χ1n) is 12.3. The van der Waals surface area contributed by atoms with Crippen molar-refractivity contribution >= 4 is 22.4 Å². The number of hydrogen-bond donors (Lipinski definition) is 0. The van der Waals surface area contributed by atoms with Crippen LogP contribution in [0.3, 0.4) is 0 Å². The van der Waals surface area contributed by atoms with E-state index in [1.165, 1.54) is 0 Å². The van der Waals surface area contributed by atoms with Gasteiger partial charge in [-0.15, -0.1) is 0 Å². The molecule has 6 rings (SSSR count). The van der Waals surface area contributed by atoms with Gasteiger partial charge in [-0.3, -0.25) is 4.57 Å². The molecule has 4 nitrogen and oxygen atoms in total. The molecule has 2 heterocycles. The number of aromatic nitrogens is 2. The van der Waals surface area contributed by atoms with E-state index in [2.05, 4.69) is 108 Å².